The van der Waals surface area contributed by atoms with E-state index in [0.29, 0.717) is 0 Å². The molecule has 0 aliphatic rings. The molecule has 0 fully saturated rings. The molecule has 1 unspecified atom stereocenters. The Kier molecular flexibility index (Phi) is 17.5. The van der Waals surface area contributed by atoms with Gasteiger partial charge in [-0.05, 0) is 37.1 Å². The molecule has 0 bridgehead atoms. The molecule has 1 atom stereocenters. The van der Waals surface area contributed by atoms with Crippen molar-refractivity contribution < 1.29 is 14.6 Å². The van der Waals surface area contributed by atoms with Gasteiger partial charge in [0.15, 0.2) is 0 Å². The van der Waals surface area contributed by atoms with Crippen LogP contribution in [0.25, 0.3) is 6.08 Å². The fourth-order valence-corrected chi connectivity index (χ4v) is 3.68. The van der Waals surface area contributed by atoms with E-state index in [1.54, 1.807) is 13.0 Å². The van der Waals surface area contributed by atoms with Crippen molar-refractivity contribution in [3.8, 4) is 0 Å². The van der Waals surface area contributed by atoms with E-state index in [-0.39, 0.29) is 6.61 Å². The number of carbonyl (C=O) groups is 1. The Balaban J connectivity index is 1.96. The molecule has 0 spiro atoms. The second kappa shape index (κ2) is 19.8. The highest BCUT2D eigenvalue weighted by Gasteiger charge is 2.01. The molecule has 32 heavy (non-hydrogen) atoms. The van der Waals surface area contributed by atoms with Crippen LogP contribution in [-0.4, -0.2) is 30.3 Å². The van der Waals surface area contributed by atoms with Crippen LogP contribution in [0.1, 0.15) is 109 Å². The largest absolute Gasteiger partial charge is 0.460 e. The summed E-state index contributed by atoms with van der Waals surface area (Å²) >= 11 is 0. The minimum atomic E-state index is -0.641. The Bertz CT molecular complexity index is 595. The van der Waals surface area contributed by atoms with Crippen molar-refractivity contribution in [2.75, 3.05) is 18.5 Å². The van der Waals surface area contributed by atoms with E-state index in [1.165, 1.54) is 96.0 Å². The van der Waals surface area contributed by atoms with Crippen LogP contribution >= 0.6 is 0 Å². The van der Waals surface area contributed by atoms with Gasteiger partial charge in [-0.2, -0.15) is 0 Å². The molecule has 2 N–H and O–H groups in total. The van der Waals surface area contributed by atoms with E-state index < -0.39 is 12.1 Å². The van der Waals surface area contributed by atoms with Crippen molar-refractivity contribution in [3.63, 3.8) is 0 Å². The van der Waals surface area contributed by atoms with Gasteiger partial charge in [0.05, 0.1) is 6.10 Å². The highest BCUT2D eigenvalue weighted by atomic mass is 16.5. The summed E-state index contributed by atoms with van der Waals surface area (Å²) in [5.41, 5.74) is 2.05. The molecule has 1 rings (SSSR count). The molecule has 4 nitrogen and oxygen atoms in total. The molecule has 0 aromatic heterocycles. The summed E-state index contributed by atoms with van der Waals surface area (Å²) in [6.07, 6.45) is 21.8. The lowest BCUT2D eigenvalue weighted by Crippen LogP contribution is -2.13. The van der Waals surface area contributed by atoms with Crippen LogP contribution in [-0.2, 0) is 9.53 Å². The lowest BCUT2D eigenvalue weighted by atomic mass is 10.0. The van der Waals surface area contributed by atoms with Gasteiger partial charge in [-0.1, -0.05) is 103 Å². The van der Waals surface area contributed by atoms with Crippen molar-refractivity contribution in [1.82, 2.24) is 0 Å². The highest BCUT2D eigenvalue weighted by Crippen LogP contribution is 2.14. The maximum atomic E-state index is 11.5. The molecule has 0 heterocycles. The van der Waals surface area contributed by atoms with Crippen LogP contribution in [0.4, 0.5) is 5.69 Å². The van der Waals surface area contributed by atoms with Crippen LogP contribution in [0.5, 0.6) is 0 Å². The lowest BCUT2D eigenvalue weighted by molar-refractivity contribution is -0.140. The van der Waals surface area contributed by atoms with Gasteiger partial charge >= 0.3 is 5.97 Å². The van der Waals surface area contributed by atoms with E-state index in [1.807, 2.05) is 24.3 Å². The predicted molar refractivity (Wildman–Crippen MR) is 137 cm³/mol. The first kappa shape index (κ1) is 28.2. The Hall–Kier alpha value is -1.81. The summed E-state index contributed by atoms with van der Waals surface area (Å²) in [6, 6.07) is 8.02. The fraction of sp³-hybridized carbons (Fsp3) is 0.679. The summed E-state index contributed by atoms with van der Waals surface area (Å²) in [5, 5.41) is 12.6. The molecular weight excluding hydrogens is 398 g/mol. The average Bonchev–Trinajstić information content (AvgIpc) is 2.79. The Labute approximate surface area is 196 Å². The second-order valence-electron chi connectivity index (χ2n) is 8.96. The average molecular weight is 446 g/mol. The van der Waals surface area contributed by atoms with E-state index >= 15 is 0 Å². The van der Waals surface area contributed by atoms with E-state index in [0.717, 1.165) is 17.8 Å². The van der Waals surface area contributed by atoms with Gasteiger partial charge in [-0.25, -0.2) is 4.79 Å². The Morgan fingerprint density at radius 3 is 1.88 bits per heavy atom. The van der Waals surface area contributed by atoms with E-state index in [2.05, 4.69) is 12.2 Å². The topological polar surface area (TPSA) is 58.6 Å². The minimum absolute atomic E-state index is 0.0191. The molecular formula is C28H47NO3. The van der Waals surface area contributed by atoms with Gasteiger partial charge in [0.2, 0.25) is 0 Å². The van der Waals surface area contributed by atoms with Crippen molar-refractivity contribution >= 4 is 17.7 Å². The van der Waals surface area contributed by atoms with Crippen LogP contribution in [0.2, 0.25) is 0 Å². The molecule has 0 radical (unpaired) electrons. The predicted octanol–water partition coefficient (Wildman–Crippen LogP) is 7.52. The third kappa shape index (κ3) is 16.8. The SMILES string of the molecule is CCCCCCCCCCCCCCCCNc1ccc(/C=C/C(=O)OCC(C)O)cc1. The molecule has 0 aliphatic heterocycles. The van der Waals surface area contributed by atoms with E-state index in [9.17, 15) is 4.79 Å². The zero-order valence-electron chi connectivity index (χ0n) is 20.6. The Morgan fingerprint density at radius 1 is 0.875 bits per heavy atom. The lowest BCUT2D eigenvalue weighted by Gasteiger charge is -2.07. The maximum absolute atomic E-state index is 11.5. The van der Waals surface area contributed by atoms with Crippen LogP contribution < -0.4 is 5.32 Å². The maximum Gasteiger partial charge on any atom is 0.330 e. The minimum Gasteiger partial charge on any atom is -0.460 e. The number of anilines is 1. The summed E-state index contributed by atoms with van der Waals surface area (Å²) in [7, 11) is 0. The number of hydrogen-bond donors (Lipinski definition) is 2. The van der Waals surface area contributed by atoms with Crippen molar-refractivity contribution in [3.05, 3.63) is 35.9 Å². The monoisotopic (exact) mass is 445 g/mol. The molecule has 0 aliphatic carbocycles. The number of rotatable bonds is 20. The van der Waals surface area contributed by atoms with Gasteiger partial charge in [-0.15, -0.1) is 0 Å². The van der Waals surface area contributed by atoms with Crippen molar-refractivity contribution in [1.29, 1.82) is 0 Å². The number of unbranched alkanes of at least 4 members (excludes halogenated alkanes) is 13. The normalized spacial score (nSPS) is 12.2. The standard InChI is InChI=1S/C28H47NO3/c1-3-4-5-6-7-8-9-10-11-12-13-14-15-16-23-29-27-20-17-26(18-21-27)19-22-28(31)32-24-25(2)30/h17-22,25,29-30H,3-16,23-24H2,1-2H3/b22-19+. The van der Waals surface area contributed by atoms with Gasteiger partial charge in [0.25, 0.3) is 0 Å². The second-order valence-corrected chi connectivity index (χ2v) is 8.96. The number of nitrogens with one attached hydrogen (secondary N) is 1. The first-order chi connectivity index (χ1) is 15.6. The molecule has 0 amide bonds. The molecule has 182 valence electrons. The van der Waals surface area contributed by atoms with Gasteiger partial charge < -0.3 is 15.2 Å². The molecule has 0 saturated heterocycles. The number of hydrogen-bond acceptors (Lipinski definition) is 4. The van der Waals surface area contributed by atoms with Gasteiger partial charge in [0.1, 0.15) is 6.61 Å². The number of esters is 1. The fourth-order valence-electron chi connectivity index (χ4n) is 3.68. The van der Waals surface area contributed by atoms with Crippen molar-refractivity contribution in [2.24, 2.45) is 0 Å². The summed E-state index contributed by atoms with van der Waals surface area (Å²) in [4.78, 5) is 11.5. The van der Waals surface area contributed by atoms with Crippen LogP contribution in [0.3, 0.4) is 0 Å². The Morgan fingerprint density at radius 2 is 1.38 bits per heavy atom. The summed E-state index contributed by atoms with van der Waals surface area (Å²) in [6.45, 7) is 4.88. The summed E-state index contributed by atoms with van der Waals surface area (Å²) < 4.78 is 4.90. The smallest absolute Gasteiger partial charge is 0.330 e. The number of ether oxygens (including phenoxy) is 1. The van der Waals surface area contributed by atoms with Crippen LogP contribution in [0.15, 0.2) is 30.3 Å². The van der Waals surface area contributed by atoms with Gasteiger partial charge in [-0.3, -0.25) is 0 Å². The first-order valence-corrected chi connectivity index (χ1v) is 13.0. The number of aliphatic hydroxyl groups excluding tert-OH is 1. The van der Waals surface area contributed by atoms with Crippen molar-refractivity contribution in [2.45, 2.75) is 110 Å². The third-order valence-electron chi connectivity index (χ3n) is 5.65. The first-order valence-electron chi connectivity index (χ1n) is 13.0. The third-order valence-corrected chi connectivity index (χ3v) is 5.65. The van der Waals surface area contributed by atoms with E-state index in [4.69, 9.17) is 9.84 Å². The molecule has 4 heteroatoms. The number of aliphatic hydroxyl groups is 1. The van der Waals surface area contributed by atoms with Crippen LogP contribution in [0, 0.1) is 0 Å². The number of benzene rings is 1. The molecule has 1 aromatic carbocycles. The number of carbonyl (C=O) groups excluding carboxylic acids is 1. The molecule has 0 saturated carbocycles. The zero-order valence-corrected chi connectivity index (χ0v) is 20.6. The van der Waals surface area contributed by atoms with Gasteiger partial charge in [0, 0.05) is 18.3 Å². The quantitative estimate of drug-likeness (QED) is 0.124. The highest BCUT2D eigenvalue weighted by molar-refractivity contribution is 5.87. The zero-order chi connectivity index (χ0) is 23.3. The summed E-state index contributed by atoms with van der Waals surface area (Å²) in [5.74, 6) is -0.439. The molecule has 1 aromatic rings.